The molecule has 5 nitrogen and oxygen atoms in total. The Labute approximate surface area is 142 Å². The molecule has 0 aliphatic carbocycles. The van der Waals surface area contributed by atoms with Crippen LogP contribution in [0.5, 0.6) is 0 Å². The van der Waals surface area contributed by atoms with Crippen LogP contribution in [0.15, 0.2) is 18.2 Å². The minimum absolute atomic E-state index is 0.0644. The Morgan fingerprint density at radius 2 is 2.08 bits per heavy atom. The summed E-state index contributed by atoms with van der Waals surface area (Å²) in [6.07, 6.45) is 4.72. The molecule has 1 unspecified atom stereocenters. The number of carbonyl (C=O) groups excluding carboxylic acids is 1. The van der Waals surface area contributed by atoms with Crippen molar-refractivity contribution in [2.45, 2.75) is 45.2 Å². The average molecular weight is 332 g/mol. The van der Waals surface area contributed by atoms with Crippen molar-refractivity contribution in [2.75, 3.05) is 19.6 Å². The van der Waals surface area contributed by atoms with Gasteiger partial charge in [-0.3, -0.25) is 0 Å². The van der Waals surface area contributed by atoms with Crippen LogP contribution in [-0.2, 0) is 6.54 Å². The average Bonchev–Trinajstić information content (AvgIpc) is 2.61. The molecular weight excluding hydrogens is 307 g/mol. The third-order valence-corrected chi connectivity index (χ3v) is 4.48. The molecule has 0 radical (unpaired) electrons. The van der Waals surface area contributed by atoms with E-state index in [1.165, 1.54) is 37.5 Å². The number of nitrogens with one attached hydrogen (secondary N) is 2. The zero-order valence-electron chi connectivity index (χ0n) is 14.1. The molecule has 0 bridgehead atoms. The van der Waals surface area contributed by atoms with Gasteiger partial charge in [-0.1, -0.05) is 6.42 Å². The molecule has 1 aromatic rings. The lowest BCUT2D eigenvalue weighted by molar-refractivity contribution is 0.166. The van der Waals surface area contributed by atoms with Crippen LogP contribution in [0.4, 0.5) is 9.18 Å². The van der Waals surface area contributed by atoms with Gasteiger partial charge in [-0.05, 0) is 57.5 Å². The van der Waals surface area contributed by atoms with E-state index in [1.54, 1.807) is 0 Å². The van der Waals surface area contributed by atoms with E-state index in [0.29, 0.717) is 23.7 Å². The predicted octanol–water partition coefficient (Wildman–Crippen LogP) is 2.76. The predicted molar refractivity (Wildman–Crippen MR) is 90.9 cm³/mol. The topological polar surface area (TPSA) is 68.2 Å². The number of carbonyl (C=O) groups is 1. The van der Waals surface area contributed by atoms with Crippen LogP contribution in [0.1, 0.15) is 43.7 Å². The Balaban J connectivity index is 1.69. The second-order valence-corrected chi connectivity index (χ2v) is 6.26. The molecule has 6 heteroatoms. The highest BCUT2D eigenvalue weighted by Gasteiger charge is 2.16. The molecule has 24 heavy (non-hydrogen) atoms. The van der Waals surface area contributed by atoms with E-state index >= 15 is 0 Å². The molecule has 2 amide bonds. The molecule has 2 N–H and O–H groups in total. The summed E-state index contributed by atoms with van der Waals surface area (Å²) in [4.78, 5) is 14.3. The van der Waals surface area contributed by atoms with E-state index in [-0.39, 0.29) is 12.6 Å². The first-order valence-electron chi connectivity index (χ1n) is 8.54. The molecule has 130 valence electrons. The van der Waals surface area contributed by atoms with Crippen LogP contribution in [0.25, 0.3) is 0 Å². The van der Waals surface area contributed by atoms with Crippen molar-refractivity contribution in [1.82, 2.24) is 15.5 Å². The smallest absolute Gasteiger partial charge is 0.315 e. The monoisotopic (exact) mass is 332 g/mol. The number of urea groups is 1. The minimum Gasteiger partial charge on any atom is -0.338 e. The number of nitriles is 1. The van der Waals surface area contributed by atoms with E-state index in [4.69, 9.17) is 5.26 Å². The first-order chi connectivity index (χ1) is 11.6. The van der Waals surface area contributed by atoms with Gasteiger partial charge in [-0.25, -0.2) is 9.18 Å². The van der Waals surface area contributed by atoms with Gasteiger partial charge in [0.15, 0.2) is 0 Å². The standard InChI is InChI=1S/C18H25FN4O/c1-14(23-9-3-2-4-10-23)7-8-21-18(24)22-13-16-11-15(12-20)5-6-17(16)19/h5-6,11,14H,2-4,7-10,13H2,1H3,(H2,21,22,24). The van der Waals surface area contributed by atoms with Gasteiger partial charge in [0, 0.05) is 24.7 Å². The number of piperidine rings is 1. The molecule has 1 aliphatic heterocycles. The van der Waals surface area contributed by atoms with Crippen molar-refractivity contribution < 1.29 is 9.18 Å². The minimum atomic E-state index is -0.423. The second kappa shape index (κ2) is 9.24. The summed E-state index contributed by atoms with van der Waals surface area (Å²) in [6.45, 7) is 5.12. The van der Waals surface area contributed by atoms with Crippen LogP contribution < -0.4 is 10.6 Å². The molecule has 0 saturated carbocycles. The van der Waals surface area contributed by atoms with Gasteiger partial charge in [0.05, 0.1) is 11.6 Å². The quantitative estimate of drug-likeness (QED) is 0.842. The summed E-state index contributed by atoms with van der Waals surface area (Å²) in [5, 5.41) is 14.3. The molecule has 2 rings (SSSR count). The number of nitrogens with zero attached hydrogens (tertiary/aromatic N) is 2. The van der Waals surface area contributed by atoms with Crippen LogP contribution in [-0.4, -0.2) is 36.6 Å². The molecule has 1 saturated heterocycles. The van der Waals surface area contributed by atoms with Gasteiger partial charge in [-0.15, -0.1) is 0 Å². The van der Waals surface area contributed by atoms with E-state index in [1.807, 2.05) is 6.07 Å². The number of rotatable bonds is 6. The van der Waals surface area contributed by atoms with Crippen molar-refractivity contribution in [3.05, 3.63) is 35.1 Å². The zero-order valence-corrected chi connectivity index (χ0v) is 14.1. The third-order valence-electron chi connectivity index (χ3n) is 4.48. The maximum Gasteiger partial charge on any atom is 0.315 e. The summed E-state index contributed by atoms with van der Waals surface area (Å²) in [5.41, 5.74) is 0.690. The SMILES string of the molecule is CC(CCNC(=O)NCc1cc(C#N)ccc1F)N1CCCCC1. The summed E-state index contributed by atoms with van der Waals surface area (Å²) in [6, 6.07) is 6.21. The first kappa shape index (κ1) is 18.2. The maximum atomic E-state index is 13.6. The number of likely N-dealkylation sites (tertiary alicyclic amines) is 1. The number of halogens is 1. The van der Waals surface area contributed by atoms with E-state index in [0.717, 1.165) is 19.5 Å². The third kappa shape index (κ3) is 5.50. The highest BCUT2D eigenvalue weighted by Crippen LogP contribution is 2.13. The number of amides is 2. The first-order valence-corrected chi connectivity index (χ1v) is 8.54. The van der Waals surface area contributed by atoms with Crippen LogP contribution in [0.2, 0.25) is 0 Å². The molecule has 1 aliphatic rings. The lowest BCUT2D eigenvalue weighted by atomic mass is 10.1. The molecule has 0 spiro atoms. The van der Waals surface area contributed by atoms with E-state index in [2.05, 4.69) is 22.5 Å². The summed E-state index contributed by atoms with van der Waals surface area (Å²) >= 11 is 0. The van der Waals surface area contributed by atoms with Gasteiger partial charge < -0.3 is 15.5 Å². The highest BCUT2D eigenvalue weighted by atomic mass is 19.1. The van der Waals surface area contributed by atoms with Crippen molar-refractivity contribution in [2.24, 2.45) is 0 Å². The van der Waals surface area contributed by atoms with Gasteiger partial charge >= 0.3 is 6.03 Å². The van der Waals surface area contributed by atoms with Gasteiger partial charge in [0.25, 0.3) is 0 Å². The van der Waals surface area contributed by atoms with Crippen molar-refractivity contribution in [3.8, 4) is 6.07 Å². The zero-order chi connectivity index (χ0) is 17.4. The lowest BCUT2D eigenvalue weighted by Crippen LogP contribution is -2.41. The fraction of sp³-hybridized carbons (Fsp3) is 0.556. The van der Waals surface area contributed by atoms with Gasteiger partial charge in [-0.2, -0.15) is 5.26 Å². The highest BCUT2D eigenvalue weighted by molar-refractivity contribution is 5.73. The fourth-order valence-electron chi connectivity index (χ4n) is 2.95. The van der Waals surface area contributed by atoms with Crippen molar-refractivity contribution in [3.63, 3.8) is 0 Å². The van der Waals surface area contributed by atoms with Crippen LogP contribution in [0.3, 0.4) is 0 Å². The van der Waals surface area contributed by atoms with E-state index < -0.39 is 5.82 Å². The summed E-state index contributed by atoms with van der Waals surface area (Å²) in [5.74, 6) is -0.423. The Bertz CT molecular complexity index is 593. The second-order valence-electron chi connectivity index (χ2n) is 6.26. The molecule has 1 aromatic carbocycles. The Kier molecular flexibility index (Phi) is 7.01. The lowest BCUT2D eigenvalue weighted by Gasteiger charge is -2.32. The largest absolute Gasteiger partial charge is 0.338 e. The number of hydrogen-bond donors (Lipinski definition) is 2. The Morgan fingerprint density at radius 3 is 2.79 bits per heavy atom. The Hall–Kier alpha value is -2.13. The normalized spacial score (nSPS) is 16.2. The van der Waals surface area contributed by atoms with Crippen LogP contribution in [0, 0.1) is 17.1 Å². The fourth-order valence-corrected chi connectivity index (χ4v) is 2.95. The Morgan fingerprint density at radius 1 is 1.33 bits per heavy atom. The number of hydrogen-bond acceptors (Lipinski definition) is 3. The van der Waals surface area contributed by atoms with Gasteiger partial charge in [0.2, 0.25) is 0 Å². The van der Waals surface area contributed by atoms with Crippen molar-refractivity contribution in [1.29, 1.82) is 5.26 Å². The molecular formula is C18H25FN4O. The van der Waals surface area contributed by atoms with Gasteiger partial charge in [0.1, 0.15) is 5.82 Å². The molecule has 1 fully saturated rings. The molecule has 0 aromatic heterocycles. The number of benzene rings is 1. The molecule has 1 atom stereocenters. The maximum absolute atomic E-state index is 13.6. The summed E-state index contributed by atoms with van der Waals surface area (Å²) < 4.78 is 13.6. The van der Waals surface area contributed by atoms with Crippen LogP contribution >= 0.6 is 0 Å². The van der Waals surface area contributed by atoms with E-state index in [9.17, 15) is 9.18 Å². The summed E-state index contributed by atoms with van der Waals surface area (Å²) in [7, 11) is 0. The molecule has 1 heterocycles. The van der Waals surface area contributed by atoms with Crippen molar-refractivity contribution >= 4 is 6.03 Å².